The van der Waals surface area contributed by atoms with Crippen LogP contribution in [0.5, 0.6) is 0 Å². The van der Waals surface area contributed by atoms with Crippen molar-refractivity contribution < 1.29 is 17.7 Å². The molecule has 0 radical (unpaired) electrons. The third-order valence-corrected chi connectivity index (χ3v) is 5.64. The quantitative estimate of drug-likeness (QED) is 0.885. The smallest absolute Gasteiger partial charge is 0.277 e. The number of nitrogens with zero attached hydrogens (tertiary/aromatic N) is 3. The van der Waals surface area contributed by atoms with E-state index >= 15 is 0 Å². The molecule has 3 heterocycles. The van der Waals surface area contributed by atoms with Gasteiger partial charge in [-0.3, -0.25) is 0 Å². The maximum atomic E-state index is 12.6. The molecule has 2 aromatic rings. The van der Waals surface area contributed by atoms with Gasteiger partial charge in [0.05, 0.1) is 5.69 Å². The lowest BCUT2D eigenvalue weighted by Gasteiger charge is -2.29. The van der Waals surface area contributed by atoms with Crippen LogP contribution in [-0.2, 0) is 27.2 Å². The highest BCUT2D eigenvalue weighted by molar-refractivity contribution is 7.89. The average Bonchev–Trinajstić information content (AvgIpc) is 3.15. The molecule has 8 nitrogen and oxygen atoms in total. The van der Waals surface area contributed by atoms with Gasteiger partial charge in [0.2, 0.25) is 0 Å². The summed E-state index contributed by atoms with van der Waals surface area (Å²) in [6.07, 6.45) is 4.43. The Bertz CT molecular complexity index is 834. The summed E-state index contributed by atoms with van der Waals surface area (Å²) in [5.74, 6) is 0.790. The molecule has 1 saturated heterocycles. The van der Waals surface area contributed by atoms with E-state index in [9.17, 15) is 8.42 Å². The highest BCUT2D eigenvalue weighted by atomic mass is 32.2. The van der Waals surface area contributed by atoms with Crippen LogP contribution >= 0.6 is 0 Å². The van der Waals surface area contributed by atoms with Crippen molar-refractivity contribution in [3.05, 3.63) is 30.0 Å². The normalized spacial score (nSPS) is 22.2. The first kappa shape index (κ1) is 18.1. The second-order valence-electron chi connectivity index (χ2n) is 7.38. The largest absolute Gasteiger partial charge is 0.370 e. The zero-order valence-electron chi connectivity index (χ0n) is 14.9. The lowest BCUT2D eigenvalue weighted by Crippen LogP contribution is -2.40. The molecule has 0 amide bonds. The van der Waals surface area contributed by atoms with Gasteiger partial charge in [0, 0.05) is 43.6 Å². The van der Waals surface area contributed by atoms with Crippen LogP contribution < -0.4 is 4.72 Å². The van der Waals surface area contributed by atoms with Crippen molar-refractivity contribution in [1.29, 1.82) is 0 Å². The van der Waals surface area contributed by atoms with Gasteiger partial charge in [-0.15, -0.1) is 0 Å². The van der Waals surface area contributed by atoms with E-state index in [-0.39, 0.29) is 22.7 Å². The number of imidazole rings is 1. The highest BCUT2D eigenvalue weighted by Gasteiger charge is 2.32. The zero-order valence-corrected chi connectivity index (χ0v) is 15.7. The number of ether oxygens (including phenoxy) is 1. The molecule has 1 fully saturated rings. The summed E-state index contributed by atoms with van der Waals surface area (Å²) in [4.78, 5) is 4.29. The van der Waals surface area contributed by atoms with E-state index in [4.69, 9.17) is 9.26 Å². The number of aryl methyl sites for hydroxylation is 1. The van der Waals surface area contributed by atoms with Gasteiger partial charge in [-0.2, -0.15) is 0 Å². The van der Waals surface area contributed by atoms with E-state index < -0.39 is 10.0 Å². The van der Waals surface area contributed by atoms with Gasteiger partial charge in [-0.25, -0.2) is 18.1 Å². The topological polar surface area (TPSA) is 99.2 Å². The Morgan fingerprint density at radius 3 is 2.72 bits per heavy atom. The molecule has 3 rings (SSSR count). The first-order chi connectivity index (χ1) is 11.7. The Morgan fingerprint density at radius 2 is 2.12 bits per heavy atom. The number of nitrogens with one attached hydrogen (secondary N) is 1. The van der Waals surface area contributed by atoms with Crippen molar-refractivity contribution in [3.63, 3.8) is 0 Å². The summed E-state index contributed by atoms with van der Waals surface area (Å²) in [6, 6.07) is 1.24. The van der Waals surface area contributed by atoms with E-state index in [2.05, 4.69) is 14.9 Å². The van der Waals surface area contributed by atoms with Crippen LogP contribution in [0.1, 0.15) is 51.2 Å². The Labute approximate surface area is 147 Å². The van der Waals surface area contributed by atoms with Crippen molar-refractivity contribution in [2.24, 2.45) is 7.05 Å². The van der Waals surface area contributed by atoms with Crippen molar-refractivity contribution in [2.45, 2.75) is 56.3 Å². The number of hydrogen-bond donors (Lipinski definition) is 1. The van der Waals surface area contributed by atoms with E-state index in [1.807, 2.05) is 38.6 Å². The van der Waals surface area contributed by atoms with Crippen LogP contribution in [0.2, 0.25) is 0 Å². The molecule has 0 spiro atoms. The Morgan fingerprint density at radius 1 is 1.36 bits per heavy atom. The van der Waals surface area contributed by atoms with Crippen molar-refractivity contribution in [1.82, 2.24) is 19.4 Å². The summed E-state index contributed by atoms with van der Waals surface area (Å²) < 4.78 is 40.6. The Kier molecular flexibility index (Phi) is 4.74. The fourth-order valence-electron chi connectivity index (χ4n) is 2.79. The minimum atomic E-state index is -3.76. The van der Waals surface area contributed by atoms with Gasteiger partial charge in [0.15, 0.2) is 0 Å². The first-order valence-corrected chi connectivity index (χ1v) is 9.73. The van der Waals surface area contributed by atoms with Crippen LogP contribution in [0.4, 0.5) is 0 Å². The number of sulfonamides is 1. The average molecular weight is 368 g/mol. The molecule has 0 saturated carbocycles. The molecule has 0 aliphatic carbocycles. The molecule has 0 bridgehead atoms. The summed E-state index contributed by atoms with van der Waals surface area (Å²) in [5.41, 5.74) is 0.324. The first-order valence-electron chi connectivity index (χ1n) is 8.25. The molecular weight excluding hydrogens is 344 g/mol. The molecule has 0 aromatic carbocycles. The van der Waals surface area contributed by atoms with Crippen LogP contribution in [0.15, 0.2) is 28.1 Å². The van der Waals surface area contributed by atoms with Gasteiger partial charge in [-0.05, 0) is 12.8 Å². The van der Waals surface area contributed by atoms with Crippen molar-refractivity contribution in [3.8, 4) is 0 Å². The maximum absolute atomic E-state index is 12.6. The second-order valence-corrected chi connectivity index (χ2v) is 9.02. The molecule has 2 unspecified atom stereocenters. The van der Waals surface area contributed by atoms with E-state index in [1.54, 1.807) is 6.20 Å². The molecule has 1 aliphatic heterocycles. The summed E-state index contributed by atoms with van der Waals surface area (Å²) >= 11 is 0. The molecular formula is C16H24N4O4S. The van der Waals surface area contributed by atoms with Crippen LogP contribution in [0, 0.1) is 0 Å². The number of aromatic nitrogens is 3. The fourth-order valence-corrected chi connectivity index (χ4v) is 3.96. The minimum absolute atomic E-state index is 0.155. The third kappa shape index (κ3) is 3.94. The van der Waals surface area contributed by atoms with Crippen LogP contribution in [-0.4, -0.2) is 35.8 Å². The van der Waals surface area contributed by atoms with Gasteiger partial charge in [0.25, 0.3) is 15.1 Å². The van der Waals surface area contributed by atoms with E-state index in [1.165, 1.54) is 6.07 Å². The van der Waals surface area contributed by atoms with Gasteiger partial charge in [0.1, 0.15) is 11.9 Å². The predicted octanol–water partition coefficient (Wildman–Crippen LogP) is 1.90. The van der Waals surface area contributed by atoms with Crippen LogP contribution in [0.3, 0.4) is 0 Å². The molecule has 138 valence electrons. The minimum Gasteiger partial charge on any atom is -0.370 e. The molecule has 2 atom stereocenters. The molecule has 2 aromatic heterocycles. The zero-order chi connectivity index (χ0) is 18.2. The molecule has 25 heavy (non-hydrogen) atoms. The third-order valence-electron chi connectivity index (χ3n) is 4.27. The van der Waals surface area contributed by atoms with Gasteiger partial charge < -0.3 is 13.8 Å². The van der Waals surface area contributed by atoms with E-state index in [0.717, 1.165) is 5.82 Å². The standard InChI is InChI=1S/C16H24N4O4S/c1-16(2,3)13-10-14(24-18-13)25(21,22)19-11-5-8-23-12(9-11)15-17-6-7-20(15)4/h6-7,10-12,19H,5,8-9H2,1-4H3. The fraction of sp³-hybridized carbons (Fsp3) is 0.625. The Balaban J connectivity index is 1.72. The summed E-state index contributed by atoms with van der Waals surface area (Å²) in [7, 11) is -1.87. The number of rotatable bonds is 4. The monoisotopic (exact) mass is 368 g/mol. The lowest BCUT2D eigenvalue weighted by molar-refractivity contribution is -0.00273. The van der Waals surface area contributed by atoms with E-state index in [0.29, 0.717) is 25.1 Å². The van der Waals surface area contributed by atoms with Crippen molar-refractivity contribution in [2.75, 3.05) is 6.61 Å². The number of hydrogen-bond acceptors (Lipinski definition) is 6. The predicted molar refractivity (Wildman–Crippen MR) is 90.4 cm³/mol. The van der Waals surface area contributed by atoms with Gasteiger partial charge >= 0.3 is 0 Å². The maximum Gasteiger partial charge on any atom is 0.277 e. The molecule has 1 N–H and O–H groups in total. The second kappa shape index (κ2) is 6.54. The Hall–Kier alpha value is -1.71. The van der Waals surface area contributed by atoms with Crippen LogP contribution in [0.25, 0.3) is 0 Å². The highest BCUT2D eigenvalue weighted by Crippen LogP contribution is 2.28. The molecule has 9 heteroatoms. The summed E-state index contributed by atoms with van der Waals surface area (Å²) in [6.45, 7) is 6.31. The molecule has 1 aliphatic rings. The van der Waals surface area contributed by atoms with Gasteiger partial charge in [-0.1, -0.05) is 25.9 Å². The lowest BCUT2D eigenvalue weighted by atomic mass is 9.93. The summed E-state index contributed by atoms with van der Waals surface area (Å²) in [5, 5.41) is 3.73. The van der Waals surface area contributed by atoms with Crippen molar-refractivity contribution >= 4 is 10.0 Å². The SMILES string of the molecule is Cn1ccnc1C1CC(NS(=O)(=O)c2cc(C(C)(C)C)no2)CCO1.